The van der Waals surface area contributed by atoms with Crippen LogP contribution in [0.5, 0.6) is 5.88 Å². The second kappa shape index (κ2) is 9.39. The highest BCUT2D eigenvalue weighted by atomic mass is 35.5. The number of imidazole rings is 1. The number of carbonyl (C=O) groups excluding carboxylic acids is 1. The zero-order valence-corrected chi connectivity index (χ0v) is 20.1. The van der Waals surface area contributed by atoms with Crippen LogP contribution in [0.25, 0.3) is 16.9 Å². The van der Waals surface area contributed by atoms with Gasteiger partial charge in [0.1, 0.15) is 5.82 Å². The van der Waals surface area contributed by atoms with Gasteiger partial charge in [-0.1, -0.05) is 42.1 Å². The predicted molar refractivity (Wildman–Crippen MR) is 131 cm³/mol. The Bertz CT molecular complexity index is 1170. The number of anilines is 1. The van der Waals surface area contributed by atoms with E-state index >= 15 is 0 Å². The second-order valence-electron chi connectivity index (χ2n) is 8.79. The number of halogens is 2. The van der Waals surface area contributed by atoms with Gasteiger partial charge in [-0.15, -0.1) is 0 Å². The molecule has 0 radical (unpaired) electrons. The number of amides is 1. The highest BCUT2D eigenvalue weighted by Crippen LogP contribution is 2.34. The maximum Gasteiger partial charge on any atom is 0.223 e. The molecule has 2 fully saturated rings. The molecule has 2 aromatic heterocycles. The number of rotatable bonds is 5. The van der Waals surface area contributed by atoms with E-state index in [1.165, 1.54) is 12.8 Å². The van der Waals surface area contributed by atoms with Gasteiger partial charge in [-0.2, -0.15) is 4.98 Å². The maximum absolute atomic E-state index is 12.8. The molecular weight excluding hydrogens is 461 g/mol. The largest absolute Gasteiger partial charge is 0.481 e. The third kappa shape index (κ3) is 4.49. The molecule has 0 unspecified atom stereocenters. The topological polar surface area (TPSA) is 72.3 Å². The third-order valence-electron chi connectivity index (χ3n) is 6.68. The first-order valence-electron chi connectivity index (χ1n) is 11.5. The standard InChI is InChI=1S/C24H27Cl2N5O2/c1-33-22-8-4-7-21(29-22)31-20-14-18(26)17(25)13-19(20)28-24(31)30-11-9-15(10-12-30)23(32)27-16-5-2-3-6-16/h4,7-8,13-16H,2-3,5-6,9-12H2,1H3,(H,27,32). The van der Waals surface area contributed by atoms with Crippen molar-refractivity contribution in [3.63, 3.8) is 0 Å². The molecule has 0 atom stereocenters. The summed E-state index contributed by atoms with van der Waals surface area (Å²) in [6.07, 6.45) is 6.21. The minimum Gasteiger partial charge on any atom is -0.481 e. The fraction of sp³-hybridized carbons (Fsp3) is 0.458. The van der Waals surface area contributed by atoms with Crippen LogP contribution in [-0.4, -0.2) is 46.7 Å². The molecule has 3 aromatic rings. The molecule has 1 amide bonds. The van der Waals surface area contributed by atoms with Gasteiger partial charge in [0.25, 0.3) is 0 Å². The molecule has 0 bridgehead atoms. The van der Waals surface area contributed by atoms with Crippen LogP contribution >= 0.6 is 23.2 Å². The number of methoxy groups -OCH3 is 1. The quantitative estimate of drug-likeness (QED) is 0.547. The molecule has 3 heterocycles. The number of fused-ring (bicyclic) bond motifs is 1. The van der Waals surface area contributed by atoms with Gasteiger partial charge in [-0.05, 0) is 43.9 Å². The Balaban J connectivity index is 1.43. The van der Waals surface area contributed by atoms with Crippen LogP contribution in [0.4, 0.5) is 5.95 Å². The lowest BCUT2D eigenvalue weighted by Crippen LogP contribution is -2.43. The first-order chi connectivity index (χ1) is 16.0. The number of aromatic nitrogens is 3. The number of carbonyl (C=O) groups is 1. The van der Waals surface area contributed by atoms with Gasteiger partial charge in [-0.25, -0.2) is 4.98 Å². The minimum absolute atomic E-state index is 0.0403. The van der Waals surface area contributed by atoms with Crippen LogP contribution in [0.3, 0.4) is 0 Å². The Morgan fingerprint density at radius 1 is 1.06 bits per heavy atom. The lowest BCUT2D eigenvalue weighted by molar-refractivity contribution is -0.126. The third-order valence-corrected chi connectivity index (χ3v) is 7.40. The summed E-state index contributed by atoms with van der Waals surface area (Å²) < 4.78 is 7.32. The minimum atomic E-state index is 0.0403. The van der Waals surface area contributed by atoms with Gasteiger partial charge in [0, 0.05) is 31.1 Å². The van der Waals surface area contributed by atoms with E-state index in [4.69, 9.17) is 32.9 Å². The number of nitrogens with one attached hydrogen (secondary N) is 1. The number of ether oxygens (including phenoxy) is 1. The molecule has 174 valence electrons. The highest BCUT2D eigenvalue weighted by Gasteiger charge is 2.30. The van der Waals surface area contributed by atoms with Crippen molar-refractivity contribution in [2.45, 2.75) is 44.6 Å². The van der Waals surface area contributed by atoms with Gasteiger partial charge in [0.2, 0.25) is 17.7 Å². The van der Waals surface area contributed by atoms with Crippen LogP contribution in [0, 0.1) is 5.92 Å². The summed E-state index contributed by atoms with van der Waals surface area (Å²) in [6.45, 7) is 1.47. The number of nitrogens with zero attached hydrogens (tertiary/aromatic N) is 4. The summed E-state index contributed by atoms with van der Waals surface area (Å²) in [5, 5.41) is 4.18. The molecule has 0 spiro atoms. The lowest BCUT2D eigenvalue weighted by Gasteiger charge is -2.32. The van der Waals surface area contributed by atoms with E-state index in [0.717, 1.165) is 55.8 Å². The average Bonchev–Trinajstić information content (AvgIpc) is 3.47. The SMILES string of the molecule is COc1cccc(-n2c(N3CCC(C(=O)NC4CCCC4)CC3)nc3cc(Cl)c(Cl)cc32)n1. The molecule has 1 saturated carbocycles. The number of hydrogen-bond acceptors (Lipinski definition) is 5. The van der Waals surface area contributed by atoms with Crippen molar-refractivity contribution in [2.24, 2.45) is 5.92 Å². The van der Waals surface area contributed by atoms with E-state index in [9.17, 15) is 4.79 Å². The average molecular weight is 488 g/mol. The predicted octanol–water partition coefficient (Wildman–Crippen LogP) is 5.01. The Kier molecular flexibility index (Phi) is 6.34. The molecule has 9 heteroatoms. The van der Waals surface area contributed by atoms with Crippen molar-refractivity contribution < 1.29 is 9.53 Å². The van der Waals surface area contributed by atoms with E-state index in [1.807, 2.05) is 22.8 Å². The van der Waals surface area contributed by atoms with Crippen molar-refractivity contribution in [3.8, 4) is 11.7 Å². The zero-order valence-electron chi connectivity index (χ0n) is 18.6. The van der Waals surface area contributed by atoms with Crippen molar-refractivity contribution in [2.75, 3.05) is 25.1 Å². The molecule has 1 aliphatic heterocycles. The van der Waals surface area contributed by atoms with Crippen molar-refractivity contribution >= 4 is 46.1 Å². The summed E-state index contributed by atoms with van der Waals surface area (Å²) in [5.41, 5.74) is 1.56. The second-order valence-corrected chi connectivity index (χ2v) is 9.61. The summed E-state index contributed by atoms with van der Waals surface area (Å²) in [6, 6.07) is 9.57. The number of pyridine rings is 1. The number of piperidine rings is 1. The van der Waals surface area contributed by atoms with Gasteiger partial charge in [0.05, 0.1) is 28.2 Å². The van der Waals surface area contributed by atoms with Gasteiger partial charge in [0.15, 0.2) is 0 Å². The van der Waals surface area contributed by atoms with Gasteiger partial charge < -0.3 is 15.0 Å². The van der Waals surface area contributed by atoms with E-state index in [0.29, 0.717) is 27.8 Å². The molecular formula is C24H27Cl2N5O2. The van der Waals surface area contributed by atoms with Crippen LogP contribution in [0.1, 0.15) is 38.5 Å². The van der Waals surface area contributed by atoms with Gasteiger partial charge in [-0.3, -0.25) is 9.36 Å². The number of hydrogen-bond donors (Lipinski definition) is 1. The Morgan fingerprint density at radius 2 is 1.79 bits per heavy atom. The van der Waals surface area contributed by atoms with Crippen LogP contribution in [0.2, 0.25) is 10.0 Å². The lowest BCUT2D eigenvalue weighted by atomic mass is 9.95. The molecule has 1 aliphatic carbocycles. The van der Waals surface area contributed by atoms with Crippen LogP contribution < -0.4 is 15.0 Å². The first kappa shape index (κ1) is 22.3. The van der Waals surface area contributed by atoms with Crippen molar-refractivity contribution in [1.82, 2.24) is 19.9 Å². The molecule has 7 nitrogen and oxygen atoms in total. The normalized spacial score (nSPS) is 17.6. The summed E-state index contributed by atoms with van der Waals surface area (Å²) in [7, 11) is 1.59. The highest BCUT2D eigenvalue weighted by molar-refractivity contribution is 6.42. The van der Waals surface area contributed by atoms with Crippen LogP contribution in [-0.2, 0) is 4.79 Å². The monoisotopic (exact) mass is 487 g/mol. The van der Waals surface area contributed by atoms with E-state index < -0.39 is 0 Å². The zero-order chi connectivity index (χ0) is 22.9. The fourth-order valence-corrected chi connectivity index (χ4v) is 5.19. The van der Waals surface area contributed by atoms with E-state index in [2.05, 4.69) is 15.2 Å². The first-order valence-corrected chi connectivity index (χ1v) is 12.2. The Hall–Kier alpha value is -2.51. The molecule has 2 aliphatic rings. The van der Waals surface area contributed by atoms with Crippen molar-refractivity contribution in [3.05, 3.63) is 40.4 Å². The summed E-state index contributed by atoms with van der Waals surface area (Å²) in [4.78, 5) is 24.5. The summed E-state index contributed by atoms with van der Waals surface area (Å²) in [5.74, 6) is 2.20. The summed E-state index contributed by atoms with van der Waals surface area (Å²) >= 11 is 12.6. The van der Waals surface area contributed by atoms with E-state index in [1.54, 1.807) is 19.2 Å². The van der Waals surface area contributed by atoms with E-state index in [-0.39, 0.29) is 11.8 Å². The molecule has 1 saturated heterocycles. The fourth-order valence-electron chi connectivity index (χ4n) is 4.87. The van der Waals surface area contributed by atoms with Crippen molar-refractivity contribution in [1.29, 1.82) is 0 Å². The Morgan fingerprint density at radius 3 is 2.52 bits per heavy atom. The molecule has 1 aromatic carbocycles. The maximum atomic E-state index is 12.8. The smallest absolute Gasteiger partial charge is 0.223 e. The van der Waals surface area contributed by atoms with Crippen LogP contribution in [0.15, 0.2) is 30.3 Å². The molecule has 33 heavy (non-hydrogen) atoms. The van der Waals surface area contributed by atoms with Gasteiger partial charge >= 0.3 is 0 Å². The molecule has 5 rings (SSSR count). The number of benzene rings is 1. The Labute approximate surface area is 203 Å². The molecule has 1 N–H and O–H groups in total.